The van der Waals surface area contributed by atoms with Crippen LogP contribution in [-0.4, -0.2) is 173 Å². The molecular weight excluding hydrogens is 562 g/mol. The van der Waals surface area contributed by atoms with Crippen LogP contribution in [-0.2, 0) is 28.8 Å². The number of hydrogen-bond acceptors (Lipinski definition) is 11. The molecule has 236 valence electrons. The average molecular weight is 602 g/mol. The summed E-state index contributed by atoms with van der Waals surface area (Å²) in [7, 11) is 0. The molecule has 2 amide bonds. The lowest BCUT2D eigenvalue weighted by Crippen LogP contribution is -2.52. The molecule has 1 fully saturated rings. The van der Waals surface area contributed by atoms with Gasteiger partial charge in [0.15, 0.2) is 0 Å². The molecule has 19 nitrogen and oxygen atoms in total. The number of hydrogen-bond donors (Lipinski definition) is 6. The first-order chi connectivity index (χ1) is 19.9. The summed E-state index contributed by atoms with van der Waals surface area (Å²) in [6.07, 6.45) is -0.253. The molecule has 0 saturated carbocycles. The Morgan fingerprint density at radius 1 is 0.690 bits per heavy atom. The largest absolute Gasteiger partial charge is 0.480 e. The topological polar surface area (TPSA) is 269 Å². The van der Waals surface area contributed by atoms with Gasteiger partial charge in [-0.25, -0.2) is 0 Å². The Kier molecular flexibility index (Phi) is 17.1. The molecule has 1 rings (SSSR count). The van der Waals surface area contributed by atoms with E-state index in [-0.39, 0.29) is 104 Å². The number of rotatable bonds is 16. The van der Waals surface area contributed by atoms with E-state index in [0.29, 0.717) is 0 Å². The van der Waals surface area contributed by atoms with Crippen LogP contribution in [0.5, 0.6) is 0 Å². The maximum atomic E-state index is 12.3. The fourth-order valence-electron chi connectivity index (χ4n) is 4.29. The summed E-state index contributed by atoms with van der Waals surface area (Å²) in [5.74, 6) is -5.48. The van der Waals surface area contributed by atoms with Crippen molar-refractivity contribution in [2.75, 3.05) is 91.6 Å². The molecule has 0 aromatic carbocycles. The van der Waals surface area contributed by atoms with Crippen LogP contribution in [0.15, 0.2) is 5.11 Å². The van der Waals surface area contributed by atoms with Gasteiger partial charge in [-0.05, 0) is 12.0 Å². The third kappa shape index (κ3) is 16.3. The van der Waals surface area contributed by atoms with Crippen molar-refractivity contribution in [3.63, 3.8) is 0 Å². The molecule has 0 aliphatic carbocycles. The zero-order valence-corrected chi connectivity index (χ0v) is 23.3. The van der Waals surface area contributed by atoms with Gasteiger partial charge in [-0.2, -0.15) is 0 Å². The number of carboxylic acid groups (broad SMARTS) is 4. The number of amides is 2. The maximum Gasteiger partial charge on any atom is 0.320 e. The number of nitrogens with one attached hydrogen (secondary N) is 2. The third-order valence-electron chi connectivity index (χ3n) is 6.37. The molecule has 0 bridgehead atoms. The smallest absolute Gasteiger partial charge is 0.320 e. The zero-order valence-electron chi connectivity index (χ0n) is 23.3. The molecule has 1 unspecified atom stereocenters. The van der Waals surface area contributed by atoms with E-state index < -0.39 is 41.7 Å². The van der Waals surface area contributed by atoms with Gasteiger partial charge >= 0.3 is 23.9 Å². The first-order valence-electron chi connectivity index (χ1n) is 13.2. The Morgan fingerprint density at radius 3 is 1.48 bits per heavy atom. The molecule has 1 aliphatic heterocycles. The molecule has 1 heterocycles. The van der Waals surface area contributed by atoms with E-state index in [1.807, 2.05) is 0 Å². The first kappa shape index (κ1) is 36.0. The number of nitrogens with zero attached hydrogens (tertiary/aromatic N) is 7. The van der Waals surface area contributed by atoms with Gasteiger partial charge in [-0.15, -0.1) is 0 Å². The molecule has 1 aliphatic rings. The molecule has 0 aromatic rings. The molecule has 1 saturated heterocycles. The van der Waals surface area contributed by atoms with E-state index in [0.717, 1.165) is 0 Å². The van der Waals surface area contributed by atoms with Crippen molar-refractivity contribution < 1.29 is 49.2 Å². The molecule has 1 atom stereocenters. The van der Waals surface area contributed by atoms with E-state index in [1.54, 1.807) is 19.6 Å². The van der Waals surface area contributed by atoms with Crippen molar-refractivity contribution >= 4 is 35.7 Å². The van der Waals surface area contributed by atoms with Crippen LogP contribution in [0.25, 0.3) is 10.4 Å². The lowest BCUT2D eigenvalue weighted by atomic mass is 10.1. The van der Waals surface area contributed by atoms with Gasteiger partial charge in [0, 0.05) is 76.8 Å². The van der Waals surface area contributed by atoms with Crippen molar-refractivity contribution in [3.8, 4) is 0 Å². The van der Waals surface area contributed by atoms with Gasteiger partial charge in [-0.3, -0.25) is 48.4 Å². The lowest BCUT2D eigenvalue weighted by molar-refractivity contribution is -0.145. The van der Waals surface area contributed by atoms with Crippen LogP contribution in [0.2, 0.25) is 0 Å². The second-order valence-electron chi connectivity index (χ2n) is 9.53. The summed E-state index contributed by atoms with van der Waals surface area (Å²) in [6.45, 7) is 0.00816. The normalized spacial score (nSPS) is 17.0. The highest BCUT2D eigenvalue weighted by Gasteiger charge is 2.28. The van der Waals surface area contributed by atoms with E-state index in [9.17, 15) is 49.2 Å². The van der Waals surface area contributed by atoms with Crippen molar-refractivity contribution in [2.24, 2.45) is 5.11 Å². The van der Waals surface area contributed by atoms with Crippen LogP contribution in [0.1, 0.15) is 12.8 Å². The second kappa shape index (κ2) is 19.9. The first-order valence-corrected chi connectivity index (χ1v) is 13.2. The Morgan fingerprint density at radius 2 is 1.10 bits per heavy atom. The molecule has 0 aromatic heterocycles. The Balaban J connectivity index is 2.94. The monoisotopic (exact) mass is 601 g/mol. The molecule has 19 heteroatoms. The van der Waals surface area contributed by atoms with Crippen molar-refractivity contribution in [1.29, 1.82) is 0 Å². The SMILES string of the molecule is [N-]=[N+]=NCC(=O)NCCNC(=O)CCC(C(=O)O)N1CCN(CC(=O)O)CCN(CC(=O)O)CCN(CC(=O)O)CC1. The number of carbonyl (C=O) groups excluding carboxylic acids is 2. The van der Waals surface area contributed by atoms with Gasteiger partial charge in [0.1, 0.15) is 12.6 Å². The highest BCUT2D eigenvalue weighted by molar-refractivity contribution is 5.79. The maximum absolute atomic E-state index is 12.3. The Hall–Kier alpha value is -4.03. The number of aliphatic carboxylic acids is 4. The summed E-state index contributed by atoms with van der Waals surface area (Å²) in [6, 6.07) is -1.14. The lowest BCUT2D eigenvalue weighted by Gasteiger charge is -2.35. The number of carboxylic acids is 4. The van der Waals surface area contributed by atoms with Crippen LogP contribution in [0.3, 0.4) is 0 Å². The molecule has 0 spiro atoms. The van der Waals surface area contributed by atoms with E-state index in [2.05, 4.69) is 20.7 Å². The van der Waals surface area contributed by atoms with Crippen molar-refractivity contribution in [3.05, 3.63) is 10.4 Å². The summed E-state index contributed by atoms with van der Waals surface area (Å²) < 4.78 is 0. The fourth-order valence-corrected chi connectivity index (χ4v) is 4.29. The van der Waals surface area contributed by atoms with E-state index in [1.165, 1.54) is 0 Å². The summed E-state index contributed by atoms with van der Waals surface area (Å²) in [5.41, 5.74) is 8.21. The molecular formula is C23H39N9O10. The summed E-state index contributed by atoms with van der Waals surface area (Å²) in [5, 5.41) is 46.0. The Bertz CT molecular complexity index is 960. The van der Waals surface area contributed by atoms with Gasteiger partial charge in [0.2, 0.25) is 11.8 Å². The van der Waals surface area contributed by atoms with Crippen LogP contribution in [0.4, 0.5) is 0 Å². The highest BCUT2D eigenvalue weighted by Crippen LogP contribution is 2.10. The predicted molar refractivity (Wildman–Crippen MR) is 144 cm³/mol. The van der Waals surface area contributed by atoms with Crippen molar-refractivity contribution in [2.45, 2.75) is 18.9 Å². The van der Waals surface area contributed by atoms with E-state index in [4.69, 9.17) is 5.53 Å². The van der Waals surface area contributed by atoms with Gasteiger partial charge < -0.3 is 31.1 Å². The average Bonchev–Trinajstić information content (AvgIpc) is 2.89. The zero-order chi connectivity index (χ0) is 31.5. The minimum Gasteiger partial charge on any atom is -0.480 e. The van der Waals surface area contributed by atoms with Gasteiger partial charge in [0.05, 0.1) is 19.6 Å². The number of carbonyl (C=O) groups is 6. The van der Waals surface area contributed by atoms with Gasteiger partial charge in [-0.1, -0.05) is 5.11 Å². The van der Waals surface area contributed by atoms with Crippen LogP contribution >= 0.6 is 0 Å². The minimum atomic E-state index is -1.21. The van der Waals surface area contributed by atoms with Crippen molar-refractivity contribution in [1.82, 2.24) is 30.2 Å². The fraction of sp³-hybridized carbons (Fsp3) is 0.739. The highest BCUT2D eigenvalue weighted by atomic mass is 16.4. The summed E-state index contributed by atoms with van der Waals surface area (Å²) >= 11 is 0. The predicted octanol–water partition coefficient (Wildman–Crippen LogP) is -2.76. The summed E-state index contributed by atoms with van der Waals surface area (Å²) in [4.78, 5) is 78.9. The van der Waals surface area contributed by atoms with E-state index >= 15 is 0 Å². The Labute approximate surface area is 241 Å². The number of azide groups is 1. The quantitative estimate of drug-likeness (QED) is 0.0453. The molecule has 0 radical (unpaired) electrons. The minimum absolute atomic E-state index is 0.0650. The third-order valence-corrected chi connectivity index (χ3v) is 6.37. The second-order valence-corrected chi connectivity index (χ2v) is 9.53. The standard InChI is InChI=1S/C23H39N9O10/c24-28-27-13-19(34)26-4-3-25-18(33)2-1-17(23(41)42)32-11-9-30(15-21(37)38)7-5-29(14-20(35)36)6-8-31(10-12-32)16-22(39)40/h17H,1-16H2,(H,25,33)(H,26,34)(H,35,36)(H,37,38)(H,39,40)(H,41,42). The van der Waals surface area contributed by atoms with Gasteiger partial charge in [0.25, 0.3) is 0 Å². The van der Waals surface area contributed by atoms with Crippen LogP contribution < -0.4 is 10.6 Å². The van der Waals surface area contributed by atoms with Crippen LogP contribution in [0, 0.1) is 0 Å². The molecule has 42 heavy (non-hydrogen) atoms. The molecule has 6 N–H and O–H groups in total.